The van der Waals surface area contributed by atoms with Crippen LogP contribution in [0.4, 0.5) is 0 Å². The molecule has 0 amide bonds. The van der Waals surface area contributed by atoms with Crippen LogP contribution in [-0.4, -0.2) is 12.6 Å². The highest BCUT2D eigenvalue weighted by Gasteiger charge is 2.03. The van der Waals surface area contributed by atoms with Crippen LogP contribution in [0.5, 0.6) is 0 Å². The molecule has 0 fully saturated rings. The molecule has 1 nitrogen and oxygen atoms in total. The molecule has 2 rings (SSSR count). The summed E-state index contributed by atoms with van der Waals surface area (Å²) in [4.78, 5) is 0. The van der Waals surface area contributed by atoms with Crippen molar-refractivity contribution in [3.8, 4) is 11.1 Å². The largest absolute Gasteiger partial charge is 0.314 e. The Labute approximate surface area is 124 Å². The molecule has 0 bridgehead atoms. The molecule has 2 aromatic rings. The summed E-state index contributed by atoms with van der Waals surface area (Å²) < 4.78 is 1.12. The predicted octanol–water partition coefficient (Wildman–Crippen LogP) is 4.66. The standard InChI is InChI=1S/C17H20BrN/c1-3-19-13(2)11-14-7-9-15(10-8-14)16-5-4-6-17(18)12-16/h4-10,12-13,19H,3,11H2,1-2H3. The van der Waals surface area contributed by atoms with Gasteiger partial charge in [-0.2, -0.15) is 0 Å². The maximum atomic E-state index is 3.52. The summed E-state index contributed by atoms with van der Waals surface area (Å²) in [5.74, 6) is 0. The molecule has 1 unspecified atom stereocenters. The number of rotatable bonds is 5. The zero-order valence-corrected chi connectivity index (χ0v) is 13.1. The van der Waals surface area contributed by atoms with Gasteiger partial charge < -0.3 is 5.32 Å². The third-order valence-corrected chi connectivity index (χ3v) is 3.70. The molecule has 2 heteroatoms. The number of benzene rings is 2. The van der Waals surface area contributed by atoms with Crippen LogP contribution in [0.1, 0.15) is 19.4 Å². The molecule has 0 aromatic heterocycles. The van der Waals surface area contributed by atoms with Crippen molar-refractivity contribution in [1.82, 2.24) is 5.32 Å². The van der Waals surface area contributed by atoms with Crippen LogP contribution < -0.4 is 5.32 Å². The number of likely N-dealkylation sites (N-methyl/N-ethyl adjacent to an activating group) is 1. The second-order valence-corrected chi connectivity index (χ2v) is 5.79. The van der Waals surface area contributed by atoms with Crippen LogP contribution in [0, 0.1) is 0 Å². The fourth-order valence-electron chi connectivity index (χ4n) is 2.28. The van der Waals surface area contributed by atoms with Crippen LogP contribution >= 0.6 is 15.9 Å². The highest BCUT2D eigenvalue weighted by Crippen LogP contribution is 2.23. The zero-order chi connectivity index (χ0) is 13.7. The van der Waals surface area contributed by atoms with Gasteiger partial charge in [-0.1, -0.05) is 59.3 Å². The smallest absolute Gasteiger partial charge is 0.0181 e. The minimum atomic E-state index is 0.529. The van der Waals surface area contributed by atoms with Gasteiger partial charge in [-0.05, 0) is 48.7 Å². The van der Waals surface area contributed by atoms with E-state index in [1.54, 1.807) is 0 Å². The van der Waals surface area contributed by atoms with Crippen molar-refractivity contribution in [3.63, 3.8) is 0 Å². The summed E-state index contributed by atoms with van der Waals surface area (Å²) in [7, 11) is 0. The first kappa shape index (κ1) is 14.3. The lowest BCUT2D eigenvalue weighted by atomic mass is 10.0. The van der Waals surface area contributed by atoms with Crippen molar-refractivity contribution in [2.45, 2.75) is 26.3 Å². The summed E-state index contributed by atoms with van der Waals surface area (Å²) in [5, 5.41) is 3.44. The maximum absolute atomic E-state index is 3.52. The van der Waals surface area contributed by atoms with Gasteiger partial charge in [0.2, 0.25) is 0 Å². The van der Waals surface area contributed by atoms with Gasteiger partial charge in [0.1, 0.15) is 0 Å². The van der Waals surface area contributed by atoms with E-state index < -0.39 is 0 Å². The van der Waals surface area contributed by atoms with Gasteiger partial charge in [0.05, 0.1) is 0 Å². The van der Waals surface area contributed by atoms with Gasteiger partial charge in [0.15, 0.2) is 0 Å². The van der Waals surface area contributed by atoms with Gasteiger partial charge in [0, 0.05) is 10.5 Å². The van der Waals surface area contributed by atoms with Gasteiger partial charge in [-0.3, -0.25) is 0 Å². The Morgan fingerprint density at radius 2 is 1.79 bits per heavy atom. The summed E-state index contributed by atoms with van der Waals surface area (Å²) in [5.41, 5.74) is 3.90. The van der Waals surface area contributed by atoms with E-state index in [2.05, 4.69) is 83.6 Å². The molecule has 0 aliphatic rings. The molecule has 19 heavy (non-hydrogen) atoms. The lowest BCUT2D eigenvalue weighted by Crippen LogP contribution is -2.27. The van der Waals surface area contributed by atoms with E-state index in [0.717, 1.165) is 17.4 Å². The molecule has 100 valence electrons. The highest BCUT2D eigenvalue weighted by molar-refractivity contribution is 9.10. The summed E-state index contributed by atoms with van der Waals surface area (Å²) >= 11 is 3.52. The molecular formula is C17H20BrN. The Bertz CT molecular complexity index is 519. The lowest BCUT2D eigenvalue weighted by Gasteiger charge is -2.12. The zero-order valence-electron chi connectivity index (χ0n) is 11.5. The lowest BCUT2D eigenvalue weighted by molar-refractivity contribution is 0.565. The average Bonchev–Trinajstić information content (AvgIpc) is 2.40. The molecular weight excluding hydrogens is 298 g/mol. The third kappa shape index (κ3) is 4.19. The molecule has 2 aromatic carbocycles. The topological polar surface area (TPSA) is 12.0 Å². The Morgan fingerprint density at radius 1 is 1.05 bits per heavy atom. The summed E-state index contributed by atoms with van der Waals surface area (Å²) in [6.07, 6.45) is 1.08. The van der Waals surface area contributed by atoms with Gasteiger partial charge >= 0.3 is 0 Å². The number of halogens is 1. The van der Waals surface area contributed by atoms with Crippen LogP contribution in [0.25, 0.3) is 11.1 Å². The van der Waals surface area contributed by atoms with Gasteiger partial charge in [-0.25, -0.2) is 0 Å². The number of hydrogen-bond acceptors (Lipinski definition) is 1. The van der Waals surface area contributed by atoms with Crippen LogP contribution in [0.2, 0.25) is 0 Å². The van der Waals surface area contributed by atoms with E-state index in [-0.39, 0.29) is 0 Å². The third-order valence-electron chi connectivity index (χ3n) is 3.21. The minimum absolute atomic E-state index is 0.529. The molecule has 0 radical (unpaired) electrons. The van der Waals surface area contributed by atoms with Crippen molar-refractivity contribution in [2.24, 2.45) is 0 Å². The molecule has 0 spiro atoms. The minimum Gasteiger partial charge on any atom is -0.314 e. The summed E-state index contributed by atoms with van der Waals surface area (Å²) in [6.45, 7) is 5.40. The van der Waals surface area contributed by atoms with Gasteiger partial charge in [-0.15, -0.1) is 0 Å². The second kappa shape index (κ2) is 6.88. The van der Waals surface area contributed by atoms with Crippen molar-refractivity contribution >= 4 is 15.9 Å². The van der Waals surface area contributed by atoms with E-state index in [1.165, 1.54) is 16.7 Å². The van der Waals surface area contributed by atoms with Crippen molar-refractivity contribution in [2.75, 3.05) is 6.54 Å². The number of nitrogens with one attached hydrogen (secondary N) is 1. The van der Waals surface area contributed by atoms with E-state index >= 15 is 0 Å². The fraction of sp³-hybridized carbons (Fsp3) is 0.294. The first-order valence-electron chi connectivity index (χ1n) is 6.77. The predicted molar refractivity (Wildman–Crippen MR) is 86.4 cm³/mol. The van der Waals surface area contributed by atoms with Crippen LogP contribution in [-0.2, 0) is 6.42 Å². The molecule has 1 N–H and O–H groups in total. The average molecular weight is 318 g/mol. The molecule has 0 saturated heterocycles. The van der Waals surface area contributed by atoms with E-state index in [4.69, 9.17) is 0 Å². The van der Waals surface area contributed by atoms with E-state index in [1.807, 2.05) is 0 Å². The quantitative estimate of drug-likeness (QED) is 0.846. The Morgan fingerprint density at radius 3 is 2.42 bits per heavy atom. The van der Waals surface area contributed by atoms with Crippen LogP contribution in [0.3, 0.4) is 0 Å². The Kier molecular flexibility index (Phi) is 5.17. The first-order valence-corrected chi connectivity index (χ1v) is 7.56. The van der Waals surface area contributed by atoms with E-state index in [9.17, 15) is 0 Å². The van der Waals surface area contributed by atoms with Crippen molar-refractivity contribution < 1.29 is 0 Å². The monoisotopic (exact) mass is 317 g/mol. The Hall–Kier alpha value is -1.12. The molecule has 1 atom stereocenters. The normalized spacial score (nSPS) is 12.4. The molecule has 0 saturated carbocycles. The van der Waals surface area contributed by atoms with E-state index in [0.29, 0.717) is 6.04 Å². The van der Waals surface area contributed by atoms with Crippen LogP contribution in [0.15, 0.2) is 53.0 Å². The molecule has 0 heterocycles. The molecule has 0 aliphatic heterocycles. The maximum Gasteiger partial charge on any atom is 0.0181 e. The second-order valence-electron chi connectivity index (χ2n) is 4.87. The number of hydrogen-bond donors (Lipinski definition) is 1. The Balaban J connectivity index is 2.10. The van der Waals surface area contributed by atoms with Crippen molar-refractivity contribution in [3.05, 3.63) is 58.6 Å². The SMILES string of the molecule is CCNC(C)Cc1ccc(-c2cccc(Br)c2)cc1. The first-order chi connectivity index (χ1) is 9.19. The molecule has 0 aliphatic carbocycles. The fourth-order valence-corrected chi connectivity index (χ4v) is 2.67. The van der Waals surface area contributed by atoms with Gasteiger partial charge in [0.25, 0.3) is 0 Å². The highest BCUT2D eigenvalue weighted by atomic mass is 79.9. The van der Waals surface area contributed by atoms with Crippen molar-refractivity contribution in [1.29, 1.82) is 0 Å². The summed E-state index contributed by atoms with van der Waals surface area (Å²) in [6, 6.07) is 17.8.